The largest absolute Gasteiger partial charge is 0.496 e. The Morgan fingerprint density at radius 1 is 1.13 bits per heavy atom. The van der Waals surface area contributed by atoms with Crippen molar-refractivity contribution in [2.45, 2.75) is 12.8 Å². The zero-order valence-electron chi connectivity index (χ0n) is 17.0. The van der Waals surface area contributed by atoms with E-state index >= 15 is 0 Å². The fraction of sp³-hybridized carbons (Fsp3) is 0.304. The van der Waals surface area contributed by atoms with E-state index in [-0.39, 0.29) is 29.5 Å². The number of likely N-dealkylation sites (tertiary alicyclic amines) is 1. The number of hydrogen-bond donors (Lipinski definition) is 1. The van der Waals surface area contributed by atoms with Crippen molar-refractivity contribution in [2.75, 3.05) is 31.7 Å². The molecule has 1 fully saturated rings. The highest BCUT2D eigenvalue weighted by Gasteiger charge is 2.45. The number of carbonyl (C=O) groups is 2. The predicted octanol–water partition coefficient (Wildman–Crippen LogP) is 2.96. The minimum atomic E-state index is -1.01. The number of halogens is 2. The van der Waals surface area contributed by atoms with Crippen LogP contribution in [0.4, 0.5) is 14.5 Å². The standard InChI is InChI=1S/C23H22F2N2O4/c1-31-19-7-3-2-6-16(19)20-21(26-10-4-5-14(12-26)13-28)23(30)27(22(20)29)18-9-8-15(24)11-17(18)25/h2-3,6-9,11,14,28H,4-5,10,12-13H2,1H3. The van der Waals surface area contributed by atoms with Crippen LogP contribution in [-0.2, 0) is 9.59 Å². The van der Waals surface area contributed by atoms with E-state index in [1.807, 2.05) is 0 Å². The minimum absolute atomic E-state index is 0.0355. The molecule has 2 heterocycles. The summed E-state index contributed by atoms with van der Waals surface area (Å²) in [6.07, 6.45) is 1.54. The molecule has 4 rings (SSSR count). The van der Waals surface area contributed by atoms with Crippen LogP contribution in [0, 0.1) is 17.6 Å². The molecule has 0 spiro atoms. The molecule has 2 amide bonds. The van der Waals surface area contributed by atoms with Crippen molar-refractivity contribution < 1.29 is 28.2 Å². The van der Waals surface area contributed by atoms with E-state index in [9.17, 15) is 23.5 Å². The van der Waals surface area contributed by atoms with Crippen LogP contribution < -0.4 is 9.64 Å². The summed E-state index contributed by atoms with van der Waals surface area (Å²) >= 11 is 0. The van der Waals surface area contributed by atoms with Gasteiger partial charge in [-0.15, -0.1) is 0 Å². The van der Waals surface area contributed by atoms with Crippen LogP contribution in [0.2, 0.25) is 0 Å². The van der Waals surface area contributed by atoms with E-state index < -0.39 is 23.4 Å². The van der Waals surface area contributed by atoms with Gasteiger partial charge in [-0.1, -0.05) is 18.2 Å². The number of hydrogen-bond acceptors (Lipinski definition) is 5. The van der Waals surface area contributed by atoms with Gasteiger partial charge in [0.2, 0.25) is 0 Å². The van der Waals surface area contributed by atoms with Gasteiger partial charge in [0.15, 0.2) is 0 Å². The number of nitrogens with zero attached hydrogens (tertiary/aromatic N) is 2. The third-order valence-electron chi connectivity index (χ3n) is 5.68. The number of ether oxygens (including phenoxy) is 1. The van der Waals surface area contributed by atoms with Crippen LogP contribution in [0.1, 0.15) is 18.4 Å². The second kappa shape index (κ2) is 8.47. The zero-order valence-corrected chi connectivity index (χ0v) is 17.0. The van der Waals surface area contributed by atoms with Crippen molar-refractivity contribution in [3.63, 3.8) is 0 Å². The highest BCUT2D eigenvalue weighted by atomic mass is 19.1. The molecular formula is C23H22F2N2O4. The van der Waals surface area contributed by atoms with Crippen LogP contribution in [0.15, 0.2) is 48.2 Å². The smallest absolute Gasteiger partial charge is 0.282 e. The van der Waals surface area contributed by atoms with Crippen molar-refractivity contribution in [1.29, 1.82) is 0 Å². The monoisotopic (exact) mass is 428 g/mol. The topological polar surface area (TPSA) is 70.1 Å². The van der Waals surface area contributed by atoms with Gasteiger partial charge in [-0.2, -0.15) is 0 Å². The average molecular weight is 428 g/mol. The van der Waals surface area contributed by atoms with Crippen molar-refractivity contribution in [3.8, 4) is 5.75 Å². The highest BCUT2D eigenvalue weighted by molar-refractivity contribution is 6.45. The molecule has 31 heavy (non-hydrogen) atoms. The minimum Gasteiger partial charge on any atom is -0.496 e. The molecule has 2 aromatic carbocycles. The first-order valence-electron chi connectivity index (χ1n) is 10.0. The van der Waals surface area contributed by atoms with Crippen LogP contribution in [0.5, 0.6) is 5.75 Å². The van der Waals surface area contributed by atoms with Crippen molar-refractivity contribution >= 4 is 23.1 Å². The Morgan fingerprint density at radius 3 is 2.61 bits per heavy atom. The number of rotatable bonds is 5. The van der Waals surface area contributed by atoms with Gasteiger partial charge in [0.05, 0.1) is 18.4 Å². The summed E-state index contributed by atoms with van der Waals surface area (Å²) in [5.41, 5.74) is 0.338. The van der Waals surface area contributed by atoms with Crippen molar-refractivity contribution in [3.05, 3.63) is 65.4 Å². The maximum absolute atomic E-state index is 14.5. The summed E-state index contributed by atoms with van der Waals surface area (Å²) in [6, 6.07) is 9.51. The molecule has 0 aliphatic carbocycles. The van der Waals surface area contributed by atoms with Crippen LogP contribution in [-0.4, -0.2) is 48.6 Å². The number of carbonyl (C=O) groups excluding carboxylic acids is 2. The fourth-order valence-electron chi connectivity index (χ4n) is 4.20. The highest BCUT2D eigenvalue weighted by Crippen LogP contribution is 2.40. The van der Waals surface area contributed by atoms with Gasteiger partial charge in [0.1, 0.15) is 23.1 Å². The Hall–Kier alpha value is -3.26. The SMILES string of the molecule is COc1ccccc1C1=C(N2CCCC(CO)C2)C(=O)N(c2ccc(F)cc2F)C1=O. The van der Waals surface area contributed by atoms with Crippen LogP contribution in [0.3, 0.4) is 0 Å². The second-order valence-electron chi connectivity index (χ2n) is 7.60. The van der Waals surface area contributed by atoms with Gasteiger partial charge in [-0.3, -0.25) is 9.59 Å². The molecule has 0 saturated carbocycles. The number of piperidine rings is 1. The van der Waals surface area contributed by atoms with E-state index in [0.29, 0.717) is 30.5 Å². The lowest BCUT2D eigenvalue weighted by Crippen LogP contribution is -2.40. The Labute approximate surface area is 178 Å². The van der Waals surface area contributed by atoms with E-state index in [2.05, 4.69) is 0 Å². The van der Waals surface area contributed by atoms with E-state index in [4.69, 9.17) is 4.74 Å². The number of amides is 2. The first-order valence-corrected chi connectivity index (χ1v) is 10.0. The number of aliphatic hydroxyl groups excluding tert-OH is 1. The third-order valence-corrected chi connectivity index (χ3v) is 5.68. The van der Waals surface area contributed by atoms with E-state index in [1.165, 1.54) is 7.11 Å². The first-order chi connectivity index (χ1) is 15.0. The van der Waals surface area contributed by atoms with E-state index in [1.54, 1.807) is 29.2 Å². The Kier molecular flexibility index (Phi) is 5.73. The molecule has 2 aliphatic heterocycles. The number of para-hydroxylation sites is 1. The van der Waals surface area contributed by atoms with Crippen LogP contribution >= 0.6 is 0 Å². The zero-order chi connectivity index (χ0) is 22.1. The van der Waals surface area contributed by atoms with Gasteiger partial charge < -0.3 is 14.7 Å². The summed E-state index contributed by atoms with van der Waals surface area (Å²) in [6.45, 7) is 0.874. The van der Waals surface area contributed by atoms with Crippen molar-refractivity contribution in [1.82, 2.24) is 4.90 Å². The number of methoxy groups -OCH3 is 1. The molecule has 1 unspecified atom stereocenters. The number of anilines is 1. The average Bonchev–Trinajstić information content (AvgIpc) is 3.04. The molecule has 0 bridgehead atoms. The second-order valence-corrected chi connectivity index (χ2v) is 7.60. The summed E-state index contributed by atoms with van der Waals surface area (Å²) in [5.74, 6) is -2.85. The molecule has 6 nitrogen and oxygen atoms in total. The maximum Gasteiger partial charge on any atom is 0.282 e. The molecule has 8 heteroatoms. The quantitative estimate of drug-likeness (QED) is 0.742. The number of aliphatic hydroxyl groups is 1. The normalized spacial score (nSPS) is 19.4. The maximum atomic E-state index is 14.5. The third kappa shape index (κ3) is 3.67. The Balaban J connectivity index is 1.87. The molecule has 162 valence electrons. The lowest BCUT2D eigenvalue weighted by Gasteiger charge is -2.34. The molecule has 2 aromatic rings. The van der Waals surface area contributed by atoms with Gasteiger partial charge in [0.25, 0.3) is 11.8 Å². The summed E-state index contributed by atoms with van der Waals surface area (Å²) < 4.78 is 33.4. The summed E-state index contributed by atoms with van der Waals surface area (Å²) in [5, 5.41) is 9.62. The van der Waals surface area contributed by atoms with E-state index in [0.717, 1.165) is 29.9 Å². The van der Waals surface area contributed by atoms with Crippen LogP contribution in [0.25, 0.3) is 5.57 Å². The summed E-state index contributed by atoms with van der Waals surface area (Å²) in [4.78, 5) is 29.5. The molecule has 0 aromatic heterocycles. The first kappa shape index (κ1) is 21.0. The molecular weight excluding hydrogens is 406 g/mol. The molecule has 2 aliphatic rings. The fourth-order valence-corrected chi connectivity index (χ4v) is 4.20. The Bertz CT molecular complexity index is 1070. The Morgan fingerprint density at radius 2 is 1.90 bits per heavy atom. The predicted molar refractivity (Wildman–Crippen MR) is 110 cm³/mol. The molecule has 1 N–H and O–H groups in total. The lowest BCUT2D eigenvalue weighted by atomic mass is 9.96. The molecule has 1 atom stereocenters. The molecule has 0 radical (unpaired) electrons. The molecule has 1 saturated heterocycles. The van der Waals surface area contributed by atoms with Gasteiger partial charge in [-0.05, 0) is 37.0 Å². The van der Waals surface area contributed by atoms with Crippen molar-refractivity contribution in [2.24, 2.45) is 5.92 Å². The number of imide groups is 1. The number of benzene rings is 2. The lowest BCUT2D eigenvalue weighted by molar-refractivity contribution is -0.121. The van der Waals surface area contributed by atoms with Gasteiger partial charge >= 0.3 is 0 Å². The van der Waals surface area contributed by atoms with Gasteiger partial charge in [-0.25, -0.2) is 13.7 Å². The summed E-state index contributed by atoms with van der Waals surface area (Å²) in [7, 11) is 1.46. The van der Waals surface area contributed by atoms with Gasteiger partial charge in [0, 0.05) is 31.3 Å².